The van der Waals surface area contributed by atoms with Crippen molar-refractivity contribution < 1.29 is 29.3 Å². The summed E-state index contributed by atoms with van der Waals surface area (Å²) in [6, 6.07) is 1.45. The molecule has 1 rings (SSSR count). The maximum atomic E-state index is 11.3. The molecule has 0 bridgehead atoms. The van der Waals surface area contributed by atoms with Gasteiger partial charge in [-0.15, -0.1) is 11.3 Å². The minimum Gasteiger partial charge on any atom is -0.545 e. The molecule has 1 aromatic heterocycles. The second kappa shape index (κ2) is 5.82. The lowest BCUT2D eigenvalue weighted by molar-refractivity contribution is -0.312. The Bertz CT molecular complexity index is 502. The summed E-state index contributed by atoms with van der Waals surface area (Å²) >= 11 is 1.08. The summed E-state index contributed by atoms with van der Waals surface area (Å²) in [6.45, 7) is 0. The summed E-state index contributed by atoms with van der Waals surface area (Å²) in [5, 5.41) is 25.1. The van der Waals surface area contributed by atoms with Crippen LogP contribution in [0.1, 0.15) is 10.4 Å². The lowest BCUT2D eigenvalue weighted by Gasteiger charge is -2.10. The minimum absolute atomic E-state index is 0.162. The van der Waals surface area contributed by atoms with Gasteiger partial charge in [0.2, 0.25) is 0 Å². The molecule has 18 heavy (non-hydrogen) atoms. The molecule has 0 saturated heterocycles. The first-order chi connectivity index (χ1) is 8.47. The average molecular weight is 269 g/mol. The largest absolute Gasteiger partial charge is 0.545 e. The number of carbonyl (C=O) groups is 3. The van der Waals surface area contributed by atoms with Crippen LogP contribution < -0.4 is 15.5 Å². The van der Waals surface area contributed by atoms with Crippen molar-refractivity contribution in [2.45, 2.75) is 0 Å². The molecule has 8 heteroatoms. The maximum Gasteiger partial charge on any atom is 0.340 e. The standard InChI is InChI=1S/C10H9NO6S/c1-17-10(16)5-2-3-18-7(5)11-4-6(8(12)13)9(14)15/h2-4,11H,1H3,(H,12,13)(H,14,15)/p-2. The van der Waals surface area contributed by atoms with Crippen molar-refractivity contribution in [3.63, 3.8) is 0 Å². The van der Waals surface area contributed by atoms with E-state index in [1.54, 1.807) is 5.38 Å². The summed E-state index contributed by atoms with van der Waals surface area (Å²) in [5.74, 6) is -4.41. The van der Waals surface area contributed by atoms with E-state index in [1.807, 2.05) is 0 Å². The van der Waals surface area contributed by atoms with Gasteiger partial charge in [-0.3, -0.25) is 0 Å². The molecule has 1 N–H and O–H groups in total. The highest BCUT2D eigenvalue weighted by atomic mass is 32.1. The second-order valence-electron chi connectivity index (χ2n) is 2.93. The van der Waals surface area contributed by atoms with Crippen LogP contribution in [0.4, 0.5) is 5.00 Å². The van der Waals surface area contributed by atoms with Gasteiger partial charge in [0, 0.05) is 11.8 Å². The number of thiophene rings is 1. The number of carboxylic acid groups (broad SMARTS) is 2. The van der Waals surface area contributed by atoms with Crippen LogP contribution in [0.25, 0.3) is 0 Å². The summed E-state index contributed by atoms with van der Waals surface area (Å²) < 4.78 is 4.49. The first kappa shape index (κ1) is 13.7. The number of rotatable bonds is 5. The van der Waals surface area contributed by atoms with E-state index >= 15 is 0 Å². The fraction of sp³-hybridized carbons (Fsp3) is 0.100. The molecule has 0 amide bonds. The van der Waals surface area contributed by atoms with E-state index in [2.05, 4.69) is 10.1 Å². The molecule has 1 aromatic rings. The van der Waals surface area contributed by atoms with Crippen molar-refractivity contribution in [3.05, 3.63) is 28.8 Å². The van der Waals surface area contributed by atoms with Crippen molar-refractivity contribution in [2.75, 3.05) is 12.4 Å². The third-order valence-electron chi connectivity index (χ3n) is 1.86. The number of ether oxygens (including phenoxy) is 1. The Morgan fingerprint density at radius 3 is 2.44 bits per heavy atom. The molecule has 0 saturated carbocycles. The Morgan fingerprint density at radius 2 is 1.94 bits per heavy atom. The first-order valence-electron chi connectivity index (χ1n) is 4.52. The van der Waals surface area contributed by atoms with Crippen LogP contribution in [0.5, 0.6) is 0 Å². The highest BCUT2D eigenvalue weighted by Crippen LogP contribution is 2.24. The molecule has 1 heterocycles. The number of methoxy groups -OCH3 is 1. The molecule has 0 atom stereocenters. The van der Waals surface area contributed by atoms with E-state index in [0.29, 0.717) is 6.20 Å². The van der Waals surface area contributed by atoms with Gasteiger partial charge in [0.1, 0.15) is 5.00 Å². The van der Waals surface area contributed by atoms with E-state index in [9.17, 15) is 24.6 Å². The van der Waals surface area contributed by atoms with Crippen molar-refractivity contribution in [1.29, 1.82) is 0 Å². The molecule has 0 aromatic carbocycles. The zero-order valence-electron chi connectivity index (χ0n) is 9.09. The average Bonchev–Trinajstić information content (AvgIpc) is 2.75. The molecule has 0 aliphatic carbocycles. The van der Waals surface area contributed by atoms with Crippen molar-refractivity contribution in [2.24, 2.45) is 0 Å². The minimum atomic E-state index is -1.89. The number of hydrogen-bond donors (Lipinski definition) is 1. The fourth-order valence-electron chi connectivity index (χ4n) is 1.03. The van der Waals surface area contributed by atoms with Crippen molar-refractivity contribution >= 4 is 34.2 Å². The summed E-state index contributed by atoms with van der Waals surface area (Å²) in [4.78, 5) is 32.2. The smallest absolute Gasteiger partial charge is 0.340 e. The van der Waals surface area contributed by atoms with Gasteiger partial charge >= 0.3 is 5.97 Å². The summed E-state index contributed by atoms with van der Waals surface area (Å²) in [7, 11) is 1.19. The molecule has 0 radical (unpaired) electrons. The van der Waals surface area contributed by atoms with Crippen LogP contribution >= 0.6 is 11.3 Å². The van der Waals surface area contributed by atoms with Gasteiger partial charge in [0.15, 0.2) is 0 Å². The molecule has 0 aliphatic heterocycles. The predicted octanol–water partition coefficient (Wildman–Crippen LogP) is -1.67. The summed E-state index contributed by atoms with van der Waals surface area (Å²) in [6.07, 6.45) is 0.683. The van der Waals surface area contributed by atoms with E-state index in [0.717, 1.165) is 11.3 Å². The number of aliphatic carboxylic acids is 2. The van der Waals surface area contributed by atoms with E-state index in [4.69, 9.17) is 0 Å². The number of anilines is 1. The lowest BCUT2D eigenvalue weighted by atomic mass is 10.3. The zero-order valence-corrected chi connectivity index (χ0v) is 9.91. The number of carbonyl (C=O) groups excluding carboxylic acids is 3. The molecule has 0 spiro atoms. The maximum absolute atomic E-state index is 11.3. The lowest BCUT2D eigenvalue weighted by Crippen LogP contribution is -2.36. The number of hydrogen-bond acceptors (Lipinski definition) is 8. The van der Waals surface area contributed by atoms with Crippen molar-refractivity contribution in [3.8, 4) is 0 Å². The number of nitrogens with one attached hydrogen (secondary N) is 1. The van der Waals surface area contributed by atoms with Crippen molar-refractivity contribution in [1.82, 2.24) is 0 Å². The van der Waals surface area contributed by atoms with Crippen LogP contribution in [0.3, 0.4) is 0 Å². The SMILES string of the molecule is COC(=O)c1ccsc1NC=C(C(=O)[O-])C(=O)[O-]. The van der Waals surface area contributed by atoms with Gasteiger partial charge in [-0.25, -0.2) is 4.79 Å². The Labute approximate surface area is 105 Å². The van der Waals surface area contributed by atoms with Gasteiger partial charge in [0.25, 0.3) is 0 Å². The van der Waals surface area contributed by atoms with Crippen LogP contribution in [-0.4, -0.2) is 25.0 Å². The number of esters is 1. The van der Waals surface area contributed by atoms with Gasteiger partial charge in [0.05, 0.1) is 24.6 Å². The molecule has 0 fully saturated rings. The number of carboxylic acids is 2. The topological polar surface area (TPSA) is 119 Å². The van der Waals surface area contributed by atoms with E-state index < -0.39 is 23.5 Å². The van der Waals surface area contributed by atoms with Crippen LogP contribution in [-0.2, 0) is 14.3 Å². The third-order valence-corrected chi connectivity index (χ3v) is 2.70. The Balaban J connectivity index is 2.95. The normalized spacial score (nSPS) is 9.39. The van der Waals surface area contributed by atoms with Gasteiger partial charge in [-0.05, 0) is 11.4 Å². The molecule has 0 aliphatic rings. The molecule has 96 valence electrons. The second-order valence-corrected chi connectivity index (χ2v) is 3.85. The Hall–Kier alpha value is -2.35. The fourth-order valence-corrected chi connectivity index (χ4v) is 1.78. The van der Waals surface area contributed by atoms with Crippen LogP contribution in [0.15, 0.2) is 23.2 Å². The van der Waals surface area contributed by atoms with E-state index in [-0.39, 0.29) is 10.6 Å². The van der Waals surface area contributed by atoms with E-state index in [1.165, 1.54) is 13.2 Å². The van der Waals surface area contributed by atoms with Crippen LogP contribution in [0, 0.1) is 0 Å². The summed E-state index contributed by atoms with van der Waals surface area (Å²) in [5.41, 5.74) is -0.894. The molecular formula is C10H7NO6S-2. The highest BCUT2D eigenvalue weighted by Gasteiger charge is 2.12. The Morgan fingerprint density at radius 1 is 1.33 bits per heavy atom. The first-order valence-corrected chi connectivity index (χ1v) is 5.40. The third kappa shape index (κ3) is 3.08. The monoisotopic (exact) mass is 269 g/mol. The van der Waals surface area contributed by atoms with Gasteiger partial charge in [-0.1, -0.05) is 0 Å². The molecular weight excluding hydrogens is 262 g/mol. The Kier molecular flexibility index (Phi) is 4.44. The van der Waals surface area contributed by atoms with Gasteiger partial charge in [-0.2, -0.15) is 0 Å². The molecule has 7 nitrogen and oxygen atoms in total. The quantitative estimate of drug-likeness (QED) is 0.294. The highest BCUT2D eigenvalue weighted by molar-refractivity contribution is 7.14. The van der Waals surface area contributed by atoms with Crippen LogP contribution in [0.2, 0.25) is 0 Å². The molecule has 0 unspecified atom stereocenters. The predicted molar refractivity (Wildman–Crippen MR) is 57.4 cm³/mol. The zero-order chi connectivity index (χ0) is 13.7. The van der Waals surface area contributed by atoms with Gasteiger partial charge < -0.3 is 29.9 Å².